The summed E-state index contributed by atoms with van der Waals surface area (Å²) in [6.07, 6.45) is 1.78. The van der Waals surface area contributed by atoms with Crippen molar-refractivity contribution in [3.8, 4) is 0 Å². The highest BCUT2D eigenvalue weighted by Crippen LogP contribution is 2.25. The summed E-state index contributed by atoms with van der Waals surface area (Å²) in [6.45, 7) is 2.14. The maximum atomic E-state index is 12.3. The van der Waals surface area contributed by atoms with Crippen LogP contribution in [0.5, 0.6) is 0 Å². The summed E-state index contributed by atoms with van der Waals surface area (Å²) in [5, 5.41) is 6.30. The van der Waals surface area contributed by atoms with E-state index in [0.29, 0.717) is 18.7 Å². The van der Waals surface area contributed by atoms with Crippen molar-refractivity contribution in [2.75, 3.05) is 20.2 Å². The average molecular weight is 273 g/mol. The number of carbonyl (C=O) groups excluding carboxylic acids is 1. The zero-order chi connectivity index (χ0) is 13.3. The van der Waals surface area contributed by atoms with Gasteiger partial charge < -0.3 is 4.74 Å². The van der Waals surface area contributed by atoms with Crippen molar-refractivity contribution in [2.45, 2.75) is 18.2 Å². The van der Waals surface area contributed by atoms with Gasteiger partial charge in [0.2, 0.25) is 10.0 Å². The summed E-state index contributed by atoms with van der Waals surface area (Å²) in [5.74, 6) is -0.742. The summed E-state index contributed by atoms with van der Waals surface area (Å²) in [7, 11) is -2.26. The highest BCUT2D eigenvalue weighted by Gasteiger charge is 2.37. The fraction of sp³-hybridized carbons (Fsp3) is 0.600. The fourth-order valence-electron chi connectivity index (χ4n) is 2.04. The molecule has 0 bridgehead atoms. The number of aromatic amines is 1. The Morgan fingerprint density at radius 3 is 2.89 bits per heavy atom. The molecule has 18 heavy (non-hydrogen) atoms. The first-order valence-corrected chi connectivity index (χ1v) is 6.98. The fourth-order valence-corrected chi connectivity index (χ4v) is 3.66. The molecule has 1 unspecified atom stereocenters. The lowest BCUT2D eigenvalue weighted by atomic mass is 10.1. The number of nitrogens with one attached hydrogen (secondary N) is 1. The number of esters is 1. The van der Waals surface area contributed by atoms with Crippen molar-refractivity contribution >= 4 is 16.0 Å². The maximum Gasteiger partial charge on any atom is 0.310 e. The van der Waals surface area contributed by atoms with Crippen LogP contribution in [0.25, 0.3) is 0 Å². The SMILES string of the molecule is COC(=O)C1CCN(S(=O)(=O)c2cn[nH]c2C)C1. The van der Waals surface area contributed by atoms with Crippen LogP contribution in [-0.2, 0) is 19.6 Å². The molecule has 1 aromatic heterocycles. The first-order valence-electron chi connectivity index (χ1n) is 5.54. The zero-order valence-electron chi connectivity index (χ0n) is 10.2. The van der Waals surface area contributed by atoms with Crippen molar-refractivity contribution in [2.24, 2.45) is 5.92 Å². The van der Waals surface area contributed by atoms with Crippen LogP contribution in [0, 0.1) is 12.8 Å². The Morgan fingerprint density at radius 2 is 2.33 bits per heavy atom. The van der Waals surface area contributed by atoms with Crippen LogP contribution in [-0.4, -0.2) is 49.1 Å². The van der Waals surface area contributed by atoms with Crippen molar-refractivity contribution in [3.05, 3.63) is 11.9 Å². The van der Waals surface area contributed by atoms with Gasteiger partial charge in [-0.05, 0) is 13.3 Å². The van der Waals surface area contributed by atoms with Gasteiger partial charge in [0, 0.05) is 13.1 Å². The molecular formula is C10H15N3O4S. The quantitative estimate of drug-likeness (QED) is 0.776. The first-order chi connectivity index (χ1) is 8.46. The lowest BCUT2D eigenvalue weighted by Gasteiger charge is -2.15. The molecular weight excluding hydrogens is 258 g/mol. The minimum atomic E-state index is -3.57. The predicted molar refractivity (Wildman–Crippen MR) is 62.2 cm³/mol. The molecule has 1 aliphatic heterocycles. The summed E-state index contributed by atoms with van der Waals surface area (Å²) in [5.41, 5.74) is 0.497. The van der Waals surface area contributed by atoms with Crippen molar-refractivity contribution < 1.29 is 17.9 Å². The van der Waals surface area contributed by atoms with Gasteiger partial charge in [-0.25, -0.2) is 8.42 Å². The van der Waals surface area contributed by atoms with Crippen LogP contribution >= 0.6 is 0 Å². The Labute approximate surface area is 105 Å². The molecule has 8 heteroatoms. The number of sulfonamides is 1. The second-order valence-electron chi connectivity index (χ2n) is 4.23. The van der Waals surface area contributed by atoms with Gasteiger partial charge >= 0.3 is 5.97 Å². The first kappa shape index (κ1) is 13.0. The third-order valence-corrected chi connectivity index (χ3v) is 5.07. The second-order valence-corrected chi connectivity index (χ2v) is 6.14. The van der Waals surface area contributed by atoms with Gasteiger partial charge in [0.15, 0.2) is 0 Å². The molecule has 0 aromatic carbocycles. The van der Waals surface area contributed by atoms with Crippen molar-refractivity contribution in [1.29, 1.82) is 0 Å². The molecule has 7 nitrogen and oxygen atoms in total. The molecule has 1 aliphatic rings. The van der Waals surface area contributed by atoms with Gasteiger partial charge in [0.1, 0.15) is 4.90 Å². The molecule has 1 saturated heterocycles. The number of carbonyl (C=O) groups is 1. The minimum absolute atomic E-state index is 0.160. The number of hydrogen-bond acceptors (Lipinski definition) is 5. The van der Waals surface area contributed by atoms with Crippen LogP contribution in [0.3, 0.4) is 0 Å². The van der Waals surface area contributed by atoms with E-state index >= 15 is 0 Å². The number of H-pyrrole nitrogens is 1. The summed E-state index contributed by atoms with van der Waals surface area (Å²) in [6, 6.07) is 0. The van der Waals surface area contributed by atoms with Gasteiger partial charge in [-0.1, -0.05) is 0 Å². The molecule has 0 spiro atoms. The Kier molecular flexibility index (Phi) is 3.40. The molecule has 1 N–H and O–H groups in total. The molecule has 1 fully saturated rings. The minimum Gasteiger partial charge on any atom is -0.469 e. The Morgan fingerprint density at radius 1 is 1.61 bits per heavy atom. The Hall–Kier alpha value is -1.41. The standard InChI is InChI=1S/C10H15N3O4S/c1-7-9(5-11-12-7)18(15,16)13-4-3-8(6-13)10(14)17-2/h5,8H,3-4,6H2,1-2H3,(H,11,12). The predicted octanol–water partition coefficient (Wildman–Crippen LogP) is -0.0983. The van der Waals surface area contributed by atoms with E-state index in [1.54, 1.807) is 6.92 Å². The van der Waals surface area contributed by atoms with E-state index in [1.807, 2.05) is 0 Å². The van der Waals surface area contributed by atoms with Gasteiger partial charge in [-0.15, -0.1) is 0 Å². The second kappa shape index (κ2) is 4.69. The van der Waals surface area contributed by atoms with E-state index in [1.165, 1.54) is 17.6 Å². The molecule has 100 valence electrons. The van der Waals surface area contributed by atoms with Crippen molar-refractivity contribution in [3.63, 3.8) is 0 Å². The Bertz CT molecular complexity index is 551. The maximum absolute atomic E-state index is 12.3. The molecule has 0 aliphatic carbocycles. The summed E-state index contributed by atoms with van der Waals surface area (Å²) >= 11 is 0. The molecule has 2 heterocycles. The average Bonchev–Trinajstić information content (AvgIpc) is 2.96. The molecule has 0 amide bonds. The molecule has 0 radical (unpaired) electrons. The number of aromatic nitrogens is 2. The summed E-state index contributed by atoms with van der Waals surface area (Å²) in [4.78, 5) is 11.5. The number of aryl methyl sites for hydroxylation is 1. The third kappa shape index (κ3) is 2.13. The van der Waals surface area contributed by atoms with E-state index in [0.717, 1.165) is 0 Å². The van der Waals surface area contributed by atoms with Gasteiger partial charge in [-0.3, -0.25) is 9.89 Å². The topological polar surface area (TPSA) is 92.4 Å². The summed E-state index contributed by atoms with van der Waals surface area (Å²) < 4.78 is 30.5. The van der Waals surface area contributed by atoms with E-state index in [2.05, 4.69) is 14.9 Å². The molecule has 2 rings (SSSR count). The van der Waals surface area contributed by atoms with Crippen LogP contribution in [0.4, 0.5) is 0 Å². The van der Waals surface area contributed by atoms with Crippen LogP contribution in [0.1, 0.15) is 12.1 Å². The number of hydrogen-bond donors (Lipinski definition) is 1. The number of ether oxygens (including phenoxy) is 1. The van der Waals surface area contributed by atoms with E-state index in [4.69, 9.17) is 0 Å². The van der Waals surface area contributed by atoms with Crippen LogP contribution in [0.2, 0.25) is 0 Å². The number of rotatable bonds is 3. The highest BCUT2D eigenvalue weighted by molar-refractivity contribution is 7.89. The van der Waals surface area contributed by atoms with Gasteiger partial charge in [0.25, 0.3) is 0 Å². The van der Waals surface area contributed by atoms with Crippen molar-refractivity contribution in [1.82, 2.24) is 14.5 Å². The lowest BCUT2D eigenvalue weighted by molar-refractivity contribution is -0.144. The largest absolute Gasteiger partial charge is 0.469 e. The number of nitrogens with zero attached hydrogens (tertiary/aromatic N) is 2. The van der Waals surface area contributed by atoms with Gasteiger partial charge in [-0.2, -0.15) is 9.40 Å². The smallest absolute Gasteiger partial charge is 0.310 e. The molecule has 1 atom stereocenters. The van der Waals surface area contributed by atoms with E-state index in [-0.39, 0.29) is 23.3 Å². The van der Waals surface area contributed by atoms with E-state index < -0.39 is 10.0 Å². The van der Waals surface area contributed by atoms with Gasteiger partial charge in [0.05, 0.1) is 24.9 Å². The molecule has 0 saturated carbocycles. The molecule has 1 aromatic rings. The zero-order valence-corrected chi connectivity index (χ0v) is 11.0. The third-order valence-electron chi connectivity index (χ3n) is 3.09. The lowest BCUT2D eigenvalue weighted by Crippen LogP contribution is -2.30. The normalized spacial score (nSPS) is 21.1. The van der Waals surface area contributed by atoms with Crippen LogP contribution < -0.4 is 0 Å². The van der Waals surface area contributed by atoms with E-state index in [9.17, 15) is 13.2 Å². The monoisotopic (exact) mass is 273 g/mol. The van der Waals surface area contributed by atoms with Crippen LogP contribution in [0.15, 0.2) is 11.1 Å². The highest BCUT2D eigenvalue weighted by atomic mass is 32.2. The number of methoxy groups -OCH3 is 1. The Balaban J connectivity index is 2.19.